The monoisotopic (exact) mass is 357 g/mol. The van der Waals surface area contributed by atoms with Gasteiger partial charge in [-0.1, -0.05) is 0 Å². The van der Waals surface area contributed by atoms with Crippen LogP contribution in [-0.4, -0.2) is 25.0 Å². The molecule has 0 saturated carbocycles. The van der Waals surface area contributed by atoms with Gasteiger partial charge in [0.1, 0.15) is 9.88 Å². The number of amides is 1. The molecule has 0 fully saturated rings. The largest absolute Gasteiger partial charge is 0.378 e. The molecule has 1 N–H and O–H groups in total. The fourth-order valence-corrected chi connectivity index (χ4v) is 4.04. The van der Waals surface area contributed by atoms with E-state index in [2.05, 4.69) is 16.4 Å². The number of nitrogens with zero attached hydrogens (tertiary/aromatic N) is 2. The first-order chi connectivity index (χ1) is 11.5. The molecule has 0 aliphatic carbocycles. The Hall–Kier alpha value is -2.18. The van der Waals surface area contributed by atoms with Crippen LogP contribution in [0.15, 0.2) is 35.0 Å². The number of hydrogen-bond donors (Lipinski definition) is 1. The van der Waals surface area contributed by atoms with Crippen LogP contribution in [0.25, 0.3) is 10.6 Å². The number of thiophene rings is 1. The van der Waals surface area contributed by atoms with Crippen molar-refractivity contribution in [1.29, 1.82) is 0 Å². The van der Waals surface area contributed by atoms with Gasteiger partial charge in [-0.15, -0.1) is 11.3 Å². The van der Waals surface area contributed by atoms with Gasteiger partial charge in [0.2, 0.25) is 0 Å². The standard InChI is InChI=1S/C18H19N3OS2/c1-11-9-14(21(3)4)5-6-15(11)20-17(22)16-12(2)19-18(24-16)13-7-8-23-10-13/h5-10H,1-4H3,(H,20,22). The molecule has 0 atom stereocenters. The quantitative estimate of drug-likeness (QED) is 0.729. The average Bonchev–Trinajstić information content (AvgIpc) is 3.18. The van der Waals surface area contributed by atoms with E-state index < -0.39 is 0 Å². The van der Waals surface area contributed by atoms with Gasteiger partial charge in [-0.3, -0.25) is 4.79 Å². The molecule has 0 aliphatic rings. The summed E-state index contributed by atoms with van der Waals surface area (Å²) in [5.74, 6) is -0.104. The average molecular weight is 358 g/mol. The van der Waals surface area contributed by atoms with Crippen molar-refractivity contribution in [2.24, 2.45) is 0 Å². The first-order valence-corrected chi connectivity index (χ1v) is 9.31. The van der Waals surface area contributed by atoms with Gasteiger partial charge in [0.05, 0.1) is 5.69 Å². The van der Waals surface area contributed by atoms with E-state index in [4.69, 9.17) is 0 Å². The van der Waals surface area contributed by atoms with Crippen LogP contribution >= 0.6 is 22.7 Å². The zero-order valence-electron chi connectivity index (χ0n) is 14.1. The summed E-state index contributed by atoms with van der Waals surface area (Å²) in [6.07, 6.45) is 0. The molecule has 4 nitrogen and oxygen atoms in total. The van der Waals surface area contributed by atoms with Crippen molar-refractivity contribution < 1.29 is 4.79 Å². The SMILES string of the molecule is Cc1cc(N(C)C)ccc1NC(=O)c1sc(-c2ccsc2)nc1C. The number of anilines is 2. The first-order valence-electron chi connectivity index (χ1n) is 7.55. The van der Waals surface area contributed by atoms with Crippen LogP contribution in [0.1, 0.15) is 20.9 Å². The maximum atomic E-state index is 12.6. The van der Waals surface area contributed by atoms with Crippen LogP contribution in [0.4, 0.5) is 11.4 Å². The molecule has 1 aromatic carbocycles. The van der Waals surface area contributed by atoms with Crippen LogP contribution in [-0.2, 0) is 0 Å². The third-order valence-corrected chi connectivity index (χ3v) is 5.63. The van der Waals surface area contributed by atoms with Crippen LogP contribution in [0.5, 0.6) is 0 Å². The number of benzene rings is 1. The van der Waals surface area contributed by atoms with Crippen LogP contribution in [0.3, 0.4) is 0 Å². The number of aromatic nitrogens is 1. The third-order valence-electron chi connectivity index (χ3n) is 3.75. The van der Waals surface area contributed by atoms with Gasteiger partial charge in [0.15, 0.2) is 0 Å². The van der Waals surface area contributed by atoms with Crippen LogP contribution < -0.4 is 10.2 Å². The highest BCUT2D eigenvalue weighted by molar-refractivity contribution is 7.17. The second-order valence-corrected chi connectivity index (χ2v) is 7.57. The van der Waals surface area contributed by atoms with Crippen molar-refractivity contribution in [3.05, 3.63) is 51.2 Å². The molecule has 3 rings (SSSR count). The van der Waals surface area contributed by atoms with Crippen molar-refractivity contribution in [2.75, 3.05) is 24.3 Å². The summed E-state index contributed by atoms with van der Waals surface area (Å²) >= 11 is 3.06. The molecule has 124 valence electrons. The maximum Gasteiger partial charge on any atom is 0.267 e. The number of carbonyl (C=O) groups excluding carboxylic acids is 1. The molecule has 1 amide bonds. The molecule has 0 radical (unpaired) electrons. The zero-order valence-corrected chi connectivity index (χ0v) is 15.7. The summed E-state index contributed by atoms with van der Waals surface area (Å²) in [5, 5.41) is 7.96. The number of aryl methyl sites for hydroxylation is 2. The Morgan fingerprint density at radius 1 is 1.21 bits per heavy atom. The van der Waals surface area contributed by atoms with Gasteiger partial charge in [-0.25, -0.2) is 4.98 Å². The van der Waals surface area contributed by atoms with Crippen molar-refractivity contribution in [3.63, 3.8) is 0 Å². The zero-order chi connectivity index (χ0) is 17.3. The van der Waals surface area contributed by atoms with Gasteiger partial charge < -0.3 is 10.2 Å². The molecule has 6 heteroatoms. The molecular weight excluding hydrogens is 338 g/mol. The lowest BCUT2D eigenvalue weighted by Gasteiger charge is -2.15. The van der Waals surface area contributed by atoms with E-state index in [1.54, 1.807) is 11.3 Å². The van der Waals surface area contributed by atoms with E-state index in [0.29, 0.717) is 4.88 Å². The number of rotatable bonds is 4. The van der Waals surface area contributed by atoms with Gasteiger partial charge in [0.25, 0.3) is 5.91 Å². The number of hydrogen-bond acceptors (Lipinski definition) is 5. The van der Waals surface area contributed by atoms with Crippen molar-refractivity contribution in [2.45, 2.75) is 13.8 Å². The van der Waals surface area contributed by atoms with E-state index in [-0.39, 0.29) is 5.91 Å². The van der Waals surface area contributed by atoms with Gasteiger partial charge in [-0.05, 0) is 49.1 Å². The topological polar surface area (TPSA) is 45.2 Å². The normalized spacial score (nSPS) is 10.7. The summed E-state index contributed by atoms with van der Waals surface area (Å²) in [6.45, 7) is 3.88. The van der Waals surface area contributed by atoms with E-state index in [0.717, 1.165) is 33.2 Å². The van der Waals surface area contributed by atoms with E-state index in [9.17, 15) is 4.79 Å². The summed E-state index contributed by atoms with van der Waals surface area (Å²) in [6, 6.07) is 8.03. The maximum absolute atomic E-state index is 12.6. The molecule has 0 aliphatic heterocycles. The van der Waals surface area contributed by atoms with Gasteiger partial charge in [0, 0.05) is 36.4 Å². The Morgan fingerprint density at radius 3 is 2.62 bits per heavy atom. The van der Waals surface area contributed by atoms with E-state index in [1.807, 2.05) is 61.8 Å². The third kappa shape index (κ3) is 3.34. The van der Waals surface area contributed by atoms with Crippen LogP contribution in [0.2, 0.25) is 0 Å². The Kier molecular flexibility index (Phi) is 4.69. The molecule has 2 heterocycles. The fraction of sp³-hybridized carbons (Fsp3) is 0.222. The van der Waals surface area contributed by atoms with Crippen molar-refractivity contribution >= 4 is 40.0 Å². The first kappa shape index (κ1) is 16.7. The predicted molar refractivity (Wildman–Crippen MR) is 104 cm³/mol. The second kappa shape index (κ2) is 6.75. The molecule has 3 aromatic rings. The summed E-state index contributed by atoms with van der Waals surface area (Å²) in [7, 11) is 4.00. The molecule has 0 spiro atoms. The molecule has 0 bridgehead atoms. The summed E-state index contributed by atoms with van der Waals surface area (Å²) in [5.41, 5.74) is 4.81. The summed E-state index contributed by atoms with van der Waals surface area (Å²) in [4.78, 5) is 19.9. The molecule has 2 aromatic heterocycles. The lowest BCUT2D eigenvalue weighted by molar-refractivity contribution is 0.102. The molecular formula is C18H19N3OS2. The minimum Gasteiger partial charge on any atom is -0.378 e. The Labute approximate surface area is 149 Å². The highest BCUT2D eigenvalue weighted by Gasteiger charge is 2.17. The van der Waals surface area contributed by atoms with E-state index >= 15 is 0 Å². The van der Waals surface area contributed by atoms with Crippen LogP contribution in [0, 0.1) is 13.8 Å². The smallest absolute Gasteiger partial charge is 0.267 e. The molecule has 24 heavy (non-hydrogen) atoms. The highest BCUT2D eigenvalue weighted by Crippen LogP contribution is 2.30. The minimum atomic E-state index is -0.104. The van der Waals surface area contributed by atoms with E-state index in [1.165, 1.54) is 11.3 Å². The molecule has 0 unspecified atom stereocenters. The lowest BCUT2D eigenvalue weighted by atomic mass is 10.1. The van der Waals surface area contributed by atoms with Gasteiger partial charge >= 0.3 is 0 Å². The summed E-state index contributed by atoms with van der Waals surface area (Å²) < 4.78 is 0. The van der Waals surface area contributed by atoms with Crippen molar-refractivity contribution in [3.8, 4) is 10.6 Å². The Morgan fingerprint density at radius 2 is 2.00 bits per heavy atom. The lowest BCUT2D eigenvalue weighted by Crippen LogP contribution is -2.13. The number of carbonyl (C=O) groups is 1. The Balaban J connectivity index is 1.83. The minimum absolute atomic E-state index is 0.104. The number of thiazole rings is 1. The molecule has 0 saturated heterocycles. The highest BCUT2D eigenvalue weighted by atomic mass is 32.1. The fourth-order valence-electron chi connectivity index (χ4n) is 2.36. The van der Waals surface area contributed by atoms with Crippen molar-refractivity contribution in [1.82, 2.24) is 4.98 Å². The Bertz CT molecular complexity index is 867. The van der Waals surface area contributed by atoms with Gasteiger partial charge in [-0.2, -0.15) is 11.3 Å². The predicted octanol–water partition coefficient (Wildman–Crippen LogP) is 4.81. The number of nitrogens with one attached hydrogen (secondary N) is 1. The second-order valence-electron chi connectivity index (χ2n) is 5.79.